The number of nitrogens with zero attached hydrogens (tertiary/aromatic N) is 4. The van der Waals surface area contributed by atoms with Gasteiger partial charge in [0.1, 0.15) is 5.82 Å². The Morgan fingerprint density at radius 3 is 2.50 bits per heavy atom. The number of aromatic nitrogens is 2. The molecule has 1 aromatic carbocycles. The van der Waals surface area contributed by atoms with Gasteiger partial charge in [-0.1, -0.05) is 24.3 Å². The molecule has 2 fully saturated rings. The number of pyridine rings is 1. The molecule has 2 aromatic heterocycles. The minimum absolute atomic E-state index is 0.0973. The van der Waals surface area contributed by atoms with Crippen LogP contribution in [0.3, 0.4) is 0 Å². The van der Waals surface area contributed by atoms with Crippen LogP contribution in [0.5, 0.6) is 0 Å². The lowest BCUT2D eigenvalue weighted by Gasteiger charge is -2.33. The third kappa shape index (κ3) is 4.22. The number of carbonyl (C=O) groups is 1. The normalized spacial score (nSPS) is 17.2. The standard InChI is InChI=1S/C23H25N5OS/c1-27-10-12-28(13-11-27)21-14-19(8-9-24-21)16-2-4-17(5-3-16)20-15-30-23(25-20)26-22(29)18-6-7-18/h2-5,8-9,14-15,18H,6-7,10-13H2,1H3,(H,25,26,29). The Labute approximate surface area is 180 Å². The minimum atomic E-state index is 0.0973. The van der Waals surface area contributed by atoms with Crippen molar-refractivity contribution in [3.63, 3.8) is 0 Å². The van der Waals surface area contributed by atoms with Gasteiger partial charge >= 0.3 is 0 Å². The first-order valence-corrected chi connectivity index (χ1v) is 11.3. The Hall–Kier alpha value is -2.77. The molecule has 0 radical (unpaired) electrons. The van der Waals surface area contributed by atoms with E-state index in [1.807, 2.05) is 11.6 Å². The molecule has 30 heavy (non-hydrogen) atoms. The minimum Gasteiger partial charge on any atom is -0.354 e. The van der Waals surface area contributed by atoms with E-state index in [0.29, 0.717) is 5.13 Å². The summed E-state index contributed by atoms with van der Waals surface area (Å²) < 4.78 is 0. The molecule has 0 atom stereocenters. The van der Waals surface area contributed by atoms with Crippen molar-refractivity contribution >= 4 is 28.2 Å². The number of anilines is 2. The van der Waals surface area contributed by atoms with Gasteiger partial charge in [-0.15, -0.1) is 11.3 Å². The van der Waals surface area contributed by atoms with E-state index >= 15 is 0 Å². The number of thiazole rings is 1. The predicted octanol–water partition coefficient (Wildman–Crippen LogP) is 3.97. The van der Waals surface area contributed by atoms with E-state index in [4.69, 9.17) is 0 Å². The molecule has 1 amide bonds. The Balaban J connectivity index is 1.30. The molecule has 1 N–H and O–H groups in total. The number of benzene rings is 1. The molecule has 3 aromatic rings. The molecule has 2 aliphatic rings. The van der Waals surface area contributed by atoms with Crippen LogP contribution in [0, 0.1) is 5.92 Å². The van der Waals surface area contributed by atoms with Crippen LogP contribution in [-0.4, -0.2) is 54.0 Å². The fraction of sp³-hybridized carbons (Fsp3) is 0.348. The molecule has 1 aliphatic carbocycles. The van der Waals surface area contributed by atoms with E-state index < -0.39 is 0 Å². The topological polar surface area (TPSA) is 61.4 Å². The summed E-state index contributed by atoms with van der Waals surface area (Å²) in [6.45, 7) is 4.15. The molecular weight excluding hydrogens is 394 g/mol. The lowest BCUT2D eigenvalue weighted by molar-refractivity contribution is -0.117. The smallest absolute Gasteiger partial charge is 0.229 e. The Kier molecular flexibility index (Phi) is 5.23. The van der Waals surface area contributed by atoms with Gasteiger partial charge in [-0.05, 0) is 43.1 Å². The summed E-state index contributed by atoms with van der Waals surface area (Å²) in [5, 5.41) is 5.60. The number of nitrogens with one attached hydrogen (secondary N) is 1. The van der Waals surface area contributed by atoms with E-state index in [0.717, 1.165) is 61.7 Å². The maximum absolute atomic E-state index is 11.9. The molecule has 7 heteroatoms. The van der Waals surface area contributed by atoms with Crippen LogP contribution in [0.15, 0.2) is 48.0 Å². The van der Waals surface area contributed by atoms with E-state index in [1.54, 1.807) is 0 Å². The quantitative estimate of drug-likeness (QED) is 0.678. The molecule has 1 saturated carbocycles. The van der Waals surface area contributed by atoms with Gasteiger partial charge in [0.05, 0.1) is 5.69 Å². The zero-order chi connectivity index (χ0) is 20.5. The van der Waals surface area contributed by atoms with Gasteiger partial charge in [0.2, 0.25) is 5.91 Å². The summed E-state index contributed by atoms with van der Waals surface area (Å²) in [4.78, 5) is 25.8. The van der Waals surface area contributed by atoms with E-state index in [9.17, 15) is 4.79 Å². The summed E-state index contributed by atoms with van der Waals surface area (Å²) in [6, 6.07) is 12.7. The first-order chi connectivity index (χ1) is 14.7. The van der Waals surface area contributed by atoms with Crippen molar-refractivity contribution in [2.45, 2.75) is 12.8 Å². The first-order valence-electron chi connectivity index (χ1n) is 10.4. The van der Waals surface area contributed by atoms with Crippen molar-refractivity contribution < 1.29 is 4.79 Å². The molecule has 0 unspecified atom stereocenters. The summed E-state index contributed by atoms with van der Waals surface area (Å²) >= 11 is 1.48. The second-order valence-corrected chi connectivity index (χ2v) is 8.93. The van der Waals surface area contributed by atoms with Crippen LogP contribution >= 0.6 is 11.3 Å². The average Bonchev–Trinajstić information content (AvgIpc) is 3.54. The highest BCUT2D eigenvalue weighted by Crippen LogP contribution is 2.32. The predicted molar refractivity (Wildman–Crippen MR) is 122 cm³/mol. The highest BCUT2D eigenvalue weighted by atomic mass is 32.1. The van der Waals surface area contributed by atoms with Gasteiger partial charge in [-0.25, -0.2) is 9.97 Å². The summed E-state index contributed by atoms with van der Waals surface area (Å²) in [5.41, 5.74) is 4.27. The molecule has 3 heterocycles. The molecule has 5 rings (SSSR count). The fourth-order valence-electron chi connectivity index (χ4n) is 3.66. The lowest BCUT2D eigenvalue weighted by atomic mass is 10.0. The van der Waals surface area contributed by atoms with Crippen LogP contribution in [0.25, 0.3) is 22.4 Å². The van der Waals surface area contributed by atoms with Gasteiger partial charge in [-0.3, -0.25) is 4.79 Å². The maximum atomic E-state index is 11.9. The zero-order valence-electron chi connectivity index (χ0n) is 17.0. The third-order valence-electron chi connectivity index (χ3n) is 5.77. The molecule has 1 saturated heterocycles. The van der Waals surface area contributed by atoms with Gasteiger partial charge in [0.25, 0.3) is 0 Å². The number of hydrogen-bond acceptors (Lipinski definition) is 6. The van der Waals surface area contributed by atoms with Gasteiger partial charge in [-0.2, -0.15) is 0 Å². The monoisotopic (exact) mass is 419 g/mol. The Morgan fingerprint density at radius 1 is 1.03 bits per heavy atom. The lowest BCUT2D eigenvalue weighted by Crippen LogP contribution is -2.44. The molecule has 1 aliphatic heterocycles. The highest BCUT2D eigenvalue weighted by Gasteiger charge is 2.30. The Morgan fingerprint density at radius 2 is 1.77 bits per heavy atom. The number of amides is 1. The zero-order valence-corrected chi connectivity index (χ0v) is 17.9. The number of carbonyl (C=O) groups excluding carboxylic acids is 1. The summed E-state index contributed by atoms with van der Waals surface area (Å²) in [6.07, 6.45) is 3.89. The molecular formula is C23H25N5OS. The SMILES string of the molecule is CN1CCN(c2cc(-c3ccc(-c4csc(NC(=O)C5CC5)n4)cc3)ccn2)CC1. The van der Waals surface area contributed by atoms with Crippen molar-refractivity contribution in [3.05, 3.63) is 48.0 Å². The van der Waals surface area contributed by atoms with Crippen molar-refractivity contribution in [3.8, 4) is 22.4 Å². The van der Waals surface area contributed by atoms with Gasteiger partial charge in [0.15, 0.2) is 5.13 Å². The van der Waals surface area contributed by atoms with Crippen molar-refractivity contribution in [1.82, 2.24) is 14.9 Å². The number of hydrogen-bond donors (Lipinski definition) is 1. The maximum Gasteiger partial charge on any atom is 0.229 e. The van der Waals surface area contributed by atoms with Crippen molar-refractivity contribution in [1.29, 1.82) is 0 Å². The van der Waals surface area contributed by atoms with Crippen molar-refractivity contribution in [2.24, 2.45) is 5.92 Å². The van der Waals surface area contributed by atoms with Gasteiger partial charge in [0, 0.05) is 49.2 Å². The summed E-state index contributed by atoms with van der Waals surface area (Å²) in [7, 11) is 2.16. The fourth-order valence-corrected chi connectivity index (χ4v) is 4.38. The Bertz CT molecular complexity index is 1040. The molecule has 0 spiro atoms. The van der Waals surface area contributed by atoms with E-state index in [2.05, 4.69) is 68.5 Å². The third-order valence-corrected chi connectivity index (χ3v) is 6.53. The van der Waals surface area contributed by atoms with Crippen LogP contribution in [-0.2, 0) is 4.79 Å². The number of likely N-dealkylation sites (N-methyl/N-ethyl adjacent to an activating group) is 1. The number of piperazine rings is 1. The first kappa shape index (κ1) is 19.2. The summed E-state index contributed by atoms with van der Waals surface area (Å²) in [5.74, 6) is 1.33. The van der Waals surface area contributed by atoms with Crippen molar-refractivity contribution in [2.75, 3.05) is 43.4 Å². The molecule has 6 nitrogen and oxygen atoms in total. The van der Waals surface area contributed by atoms with E-state index in [-0.39, 0.29) is 11.8 Å². The van der Waals surface area contributed by atoms with E-state index in [1.165, 1.54) is 16.9 Å². The largest absolute Gasteiger partial charge is 0.354 e. The highest BCUT2D eigenvalue weighted by molar-refractivity contribution is 7.14. The molecule has 0 bridgehead atoms. The van der Waals surface area contributed by atoms with Crippen LogP contribution in [0.2, 0.25) is 0 Å². The van der Waals surface area contributed by atoms with Gasteiger partial charge < -0.3 is 15.1 Å². The van der Waals surface area contributed by atoms with Crippen LogP contribution < -0.4 is 10.2 Å². The molecule has 154 valence electrons. The average molecular weight is 420 g/mol. The second kappa shape index (κ2) is 8.16. The number of rotatable bonds is 5. The van der Waals surface area contributed by atoms with Crippen LogP contribution in [0.4, 0.5) is 10.9 Å². The van der Waals surface area contributed by atoms with Crippen LogP contribution in [0.1, 0.15) is 12.8 Å². The second-order valence-electron chi connectivity index (χ2n) is 8.07.